The van der Waals surface area contributed by atoms with Crippen LogP contribution in [0.2, 0.25) is 0 Å². The van der Waals surface area contributed by atoms with Crippen molar-refractivity contribution in [3.05, 3.63) is 71.7 Å². The third kappa shape index (κ3) is 2.48. The monoisotopic (exact) mass is 307 g/mol. The summed E-state index contributed by atoms with van der Waals surface area (Å²) in [5, 5.41) is 0. The van der Waals surface area contributed by atoms with Gasteiger partial charge in [0.25, 0.3) is 0 Å². The van der Waals surface area contributed by atoms with Gasteiger partial charge in [-0.05, 0) is 49.6 Å². The van der Waals surface area contributed by atoms with Crippen molar-refractivity contribution < 1.29 is 4.74 Å². The molecule has 2 aromatic carbocycles. The van der Waals surface area contributed by atoms with Gasteiger partial charge in [0.05, 0.1) is 0 Å². The molecular weight excluding hydrogens is 288 g/mol. The molecule has 2 aromatic rings. The zero-order valence-electron chi connectivity index (χ0n) is 12.5. The number of rotatable bonds is 1. The molecule has 2 aliphatic rings. The van der Waals surface area contributed by atoms with Gasteiger partial charge in [0.1, 0.15) is 15.8 Å². The molecule has 0 saturated carbocycles. The molecule has 0 fully saturated rings. The SMILES string of the molecule is C1=CCCC([S+]2c3ccccc3Oc3ccccc32)=CCC1. The van der Waals surface area contributed by atoms with Crippen LogP contribution in [0.15, 0.2) is 81.5 Å². The highest BCUT2D eigenvalue weighted by Gasteiger charge is 2.39. The van der Waals surface area contributed by atoms with Crippen LogP contribution in [0.3, 0.4) is 0 Å². The molecule has 0 spiro atoms. The van der Waals surface area contributed by atoms with E-state index in [2.05, 4.69) is 66.8 Å². The fraction of sp³-hybridized carbons (Fsp3) is 0.200. The lowest BCUT2D eigenvalue weighted by atomic mass is 10.1. The maximum absolute atomic E-state index is 6.12. The Labute approximate surface area is 134 Å². The lowest BCUT2D eigenvalue weighted by Crippen LogP contribution is -2.14. The molecule has 1 heterocycles. The minimum atomic E-state index is 0.00242. The number of fused-ring (bicyclic) bond motifs is 2. The van der Waals surface area contributed by atoms with Gasteiger partial charge in [0, 0.05) is 6.42 Å². The van der Waals surface area contributed by atoms with E-state index in [1.807, 2.05) is 0 Å². The quantitative estimate of drug-likeness (QED) is 0.475. The van der Waals surface area contributed by atoms with E-state index in [9.17, 15) is 0 Å². The fourth-order valence-electron chi connectivity index (χ4n) is 3.01. The van der Waals surface area contributed by atoms with E-state index in [1.165, 1.54) is 9.79 Å². The third-order valence-corrected chi connectivity index (χ3v) is 6.50. The first kappa shape index (κ1) is 13.7. The van der Waals surface area contributed by atoms with E-state index in [-0.39, 0.29) is 10.9 Å². The van der Waals surface area contributed by atoms with Crippen LogP contribution in [0.4, 0.5) is 0 Å². The second kappa shape index (κ2) is 6.05. The van der Waals surface area contributed by atoms with Crippen LogP contribution >= 0.6 is 0 Å². The van der Waals surface area contributed by atoms with Gasteiger partial charge in [-0.1, -0.05) is 36.4 Å². The van der Waals surface area contributed by atoms with Crippen molar-refractivity contribution in [1.29, 1.82) is 0 Å². The molecule has 1 aliphatic carbocycles. The van der Waals surface area contributed by atoms with E-state index in [4.69, 9.17) is 4.74 Å². The highest BCUT2D eigenvalue weighted by molar-refractivity contribution is 8.00. The van der Waals surface area contributed by atoms with Crippen LogP contribution < -0.4 is 4.74 Å². The van der Waals surface area contributed by atoms with E-state index in [0.29, 0.717) is 0 Å². The number of hydrogen-bond donors (Lipinski definition) is 0. The summed E-state index contributed by atoms with van der Waals surface area (Å²) in [7, 11) is 0.00242. The smallest absolute Gasteiger partial charge is 0.208 e. The molecule has 0 N–H and O–H groups in total. The Morgan fingerprint density at radius 2 is 1.36 bits per heavy atom. The summed E-state index contributed by atoms with van der Waals surface area (Å²) in [6, 6.07) is 17.0. The molecule has 0 radical (unpaired) electrons. The number of benzene rings is 2. The Hall–Kier alpha value is -1.93. The van der Waals surface area contributed by atoms with Crippen LogP contribution in [-0.2, 0) is 10.9 Å². The predicted molar refractivity (Wildman–Crippen MR) is 92.5 cm³/mol. The summed E-state index contributed by atoms with van der Waals surface area (Å²) in [4.78, 5) is 4.22. The van der Waals surface area contributed by atoms with Crippen LogP contribution in [0.1, 0.15) is 25.7 Å². The van der Waals surface area contributed by atoms with Crippen molar-refractivity contribution in [2.45, 2.75) is 35.5 Å². The summed E-state index contributed by atoms with van der Waals surface area (Å²) >= 11 is 0. The van der Waals surface area contributed by atoms with Crippen LogP contribution in [0.5, 0.6) is 11.5 Å². The van der Waals surface area contributed by atoms with Crippen molar-refractivity contribution in [1.82, 2.24) is 0 Å². The zero-order chi connectivity index (χ0) is 14.8. The molecule has 1 nitrogen and oxygen atoms in total. The molecule has 0 atom stereocenters. The van der Waals surface area contributed by atoms with Crippen molar-refractivity contribution in [2.75, 3.05) is 0 Å². The Morgan fingerprint density at radius 1 is 0.727 bits per heavy atom. The number of ether oxygens (including phenoxy) is 1. The summed E-state index contributed by atoms with van der Waals surface area (Å²) in [6.07, 6.45) is 11.7. The highest BCUT2D eigenvalue weighted by Crippen LogP contribution is 2.47. The van der Waals surface area contributed by atoms with Crippen molar-refractivity contribution in [2.24, 2.45) is 0 Å². The fourth-order valence-corrected chi connectivity index (χ4v) is 5.47. The van der Waals surface area contributed by atoms with Gasteiger partial charge < -0.3 is 4.74 Å². The second-order valence-corrected chi connectivity index (χ2v) is 7.58. The maximum atomic E-state index is 6.12. The first-order chi connectivity index (χ1) is 10.9. The average Bonchev–Trinajstić information content (AvgIpc) is 2.53. The molecule has 110 valence electrons. The Balaban J connectivity index is 1.83. The second-order valence-electron chi connectivity index (χ2n) is 5.56. The molecule has 0 amide bonds. The standard InChI is InChI=1S/C20H19OS/c1-2-4-10-16(11-5-3-1)22-19-14-8-6-12-17(19)21-18-13-7-9-15-20(18)22/h1-2,6-9,11-15H,3-5,10H2/q+1. The lowest BCUT2D eigenvalue weighted by Gasteiger charge is -2.21. The topological polar surface area (TPSA) is 9.23 Å². The largest absolute Gasteiger partial charge is 0.447 e. The summed E-state index contributed by atoms with van der Waals surface area (Å²) in [5.41, 5.74) is 0. The zero-order valence-corrected chi connectivity index (χ0v) is 13.3. The summed E-state index contributed by atoms with van der Waals surface area (Å²) < 4.78 is 6.12. The number of para-hydroxylation sites is 2. The van der Waals surface area contributed by atoms with Crippen molar-refractivity contribution >= 4 is 10.9 Å². The van der Waals surface area contributed by atoms with Crippen molar-refractivity contribution in [3.63, 3.8) is 0 Å². The van der Waals surface area contributed by atoms with Crippen molar-refractivity contribution in [3.8, 4) is 11.5 Å². The summed E-state index contributed by atoms with van der Waals surface area (Å²) in [5.74, 6) is 2.03. The summed E-state index contributed by atoms with van der Waals surface area (Å²) in [6.45, 7) is 0. The third-order valence-electron chi connectivity index (χ3n) is 4.05. The minimum Gasteiger partial charge on any atom is -0.447 e. The predicted octanol–water partition coefficient (Wildman–Crippen LogP) is 5.84. The first-order valence-electron chi connectivity index (χ1n) is 7.88. The molecule has 0 unspecified atom stereocenters. The molecule has 4 rings (SSSR count). The van der Waals surface area contributed by atoms with Gasteiger partial charge in [-0.2, -0.15) is 0 Å². The highest BCUT2D eigenvalue weighted by atomic mass is 32.2. The van der Waals surface area contributed by atoms with E-state index < -0.39 is 0 Å². The molecule has 1 aliphatic heterocycles. The average molecular weight is 307 g/mol. The Morgan fingerprint density at radius 3 is 2.09 bits per heavy atom. The van der Waals surface area contributed by atoms with Gasteiger partial charge in [-0.3, -0.25) is 0 Å². The van der Waals surface area contributed by atoms with Gasteiger partial charge in [0.2, 0.25) is 9.79 Å². The van der Waals surface area contributed by atoms with Gasteiger partial charge in [-0.15, -0.1) is 0 Å². The maximum Gasteiger partial charge on any atom is 0.208 e. The molecular formula is C20H19OS+. The van der Waals surface area contributed by atoms with Crippen LogP contribution in [-0.4, -0.2) is 0 Å². The lowest BCUT2D eigenvalue weighted by molar-refractivity contribution is 0.453. The molecule has 0 saturated heterocycles. The van der Waals surface area contributed by atoms with E-state index in [1.54, 1.807) is 4.91 Å². The first-order valence-corrected chi connectivity index (χ1v) is 9.10. The Bertz CT molecular complexity index is 699. The van der Waals surface area contributed by atoms with E-state index in [0.717, 1.165) is 37.2 Å². The molecule has 0 bridgehead atoms. The molecule has 22 heavy (non-hydrogen) atoms. The molecule has 2 heteroatoms. The number of hydrogen-bond acceptors (Lipinski definition) is 1. The van der Waals surface area contributed by atoms with Crippen LogP contribution in [0, 0.1) is 0 Å². The minimum absolute atomic E-state index is 0.00242. The van der Waals surface area contributed by atoms with Crippen LogP contribution in [0.25, 0.3) is 0 Å². The normalized spacial score (nSPS) is 17.5. The molecule has 0 aromatic heterocycles. The number of allylic oxidation sites excluding steroid dienone is 4. The van der Waals surface area contributed by atoms with Gasteiger partial charge >= 0.3 is 0 Å². The van der Waals surface area contributed by atoms with Gasteiger partial charge in [-0.25, -0.2) is 0 Å². The van der Waals surface area contributed by atoms with Gasteiger partial charge in [0.15, 0.2) is 11.5 Å². The Kier molecular flexibility index (Phi) is 3.77. The van der Waals surface area contributed by atoms with E-state index >= 15 is 0 Å².